The zero-order valence-electron chi connectivity index (χ0n) is 12.4. The number of nitrogens with one attached hydrogen (secondary N) is 1. The molecule has 3 N–H and O–H groups in total. The Labute approximate surface area is 123 Å². The lowest BCUT2D eigenvalue weighted by atomic mass is 10.1. The van der Waals surface area contributed by atoms with Gasteiger partial charge in [-0.05, 0) is 27.7 Å². The Kier molecular flexibility index (Phi) is 4.22. The molecule has 0 bridgehead atoms. The summed E-state index contributed by atoms with van der Waals surface area (Å²) >= 11 is 0. The van der Waals surface area contributed by atoms with Gasteiger partial charge in [0.15, 0.2) is 0 Å². The summed E-state index contributed by atoms with van der Waals surface area (Å²) in [6.45, 7) is 7.00. The molecule has 116 valence electrons. The molecule has 0 saturated carbocycles. The molecule has 0 spiro atoms. The highest BCUT2D eigenvalue weighted by Gasteiger charge is 2.26. The van der Waals surface area contributed by atoms with Crippen LogP contribution >= 0.6 is 0 Å². The van der Waals surface area contributed by atoms with Crippen molar-refractivity contribution in [3.05, 3.63) is 34.6 Å². The number of hydrogen-bond acceptors (Lipinski definition) is 6. The van der Waals surface area contributed by atoms with E-state index < -0.39 is 16.1 Å². The number of nitrogens with two attached hydrogens (primary N) is 1. The average molecular weight is 313 g/mol. The third kappa shape index (κ3) is 3.02. The predicted molar refractivity (Wildman–Crippen MR) is 76.0 cm³/mol. The lowest BCUT2D eigenvalue weighted by Crippen LogP contribution is -2.27. The number of hydrogen-bond donors (Lipinski definition) is 2. The number of aryl methyl sites for hydroxylation is 3. The Hall–Kier alpha value is -1.64. The lowest BCUT2D eigenvalue weighted by molar-refractivity contribution is 0.391. The minimum atomic E-state index is -3.71. The number of furan rings is 1. The van der Waals surface area contributed by atoms with Crippen molar-refractivity contribution >= 4 is 10.0 Å². The van der Waals surface area contributed by atoms with E-state index in [1.807, 2.05) is 0 Å². The van der Waals surface area contributed by atoms with E-state index in [-0.39, 0.29) is 11.4 Å². The average Bonchev–Trinajstić information content (AvgIpc) is 2.92. The maximum absolute atomic E-state index is 12.4. The molecule has 0 fully saturated rings. The summed E-state index contributed by atoms with van der Waals surface area (Å²) in [6.07, 6.45) is 0. The van der Waals surface area contributed by atoms with Crippen LogP contribution in [0.4, 0.5) is 0 Å². The third-order valence-corrected chi connectivity index (χ3v) is 4.92. The van der Waals surface area contributed by atoms with Crippen LogP contribution in [-0.4, -0.2) is 13.6 Å². The van der Waals surface area contributed by atoms with Crippen LogP contribution < -0.4 is 10.5 Å². The van der Waals surface area contributed by atoms with Crippen LogP contribution in [0.25, 0.3) is 0 Å². The Bertz CT molecular complexity index is 726. The first-order valence-electron chi connectivity index (χ1n) is 6.50. The standard InChI is InChI=1S/C13H19N3O4S/c1-7-13(10(4)20-15-7)8(2)16-21(17,18)12-5-11(6-14)19-9(12)3/h5,8,16H,6,14H2,1-4H3. The quantitative estimate of drug-likeness (QED) is 0.869. The summed E-state index contributed by atoms with van der Waals surface area (Å²) in [5, 5.41) is 3.83. The van der Waals surface area contributed by atoms with Gasteiger partial charge in [-0.3, -0.25) is 0 Å². The molecular weight excluding hydrogens is 294 g/mol. The topological polar surface area (TPSA) is 111 Å². The van der Waals surface area contributed by atoms with Crippen molar-refractivity contribution in [1.82, 2.24) is 9.88 Å². The normalized spacial score (nSPS) is 13.6. The molecule has 0 aliphatic carbocycles. The maximum Gasteiger partial charge on any atom is 0.244 e. The SMILES string of the molecule is Cc1noc(C)c1C(C)NS(=O)(=O)c1cc(CN)oc1C. The first-order chi connectivity index (χ1) is 9.76. The zero-order valence-corrected chi connectivity index (χ0v) is 13.2. The van der Waals surface area contributed by atoms with Gasteiger partial charge in [0.25, 0.3) is 0 Å². The van der Waals surface area contributed by atoms with Gasteiger partial charge in [-0.1, -0.05) is 5.16 Å². The second kappa shape index (κ2) is 5.63. The fourth-order valence-corrected chi connectivity index (χ4v) is 3.77. The van der Waals surface area contributed by atoms with Crippen LogP contribution in [0.15, 0.2) is 19.9 Å². The van der Waals surface area contributed by atoms with Crippen LogP contribution in [-0.2, 0) is 16.6 Å². The fraction of sp³-hybridized carbons (Fsp3) is 0.462. The van der Waals surface area contributed by atoms with Gasteiger partial charge in [0.05, 0.1) is 12.2 Å². The van der Waals surface area contributed by atoms with Gasteiger partial charge in [0, 0.05) is 17.7 Å². The highest BCUT2D eigenvalue weighted by atomic mass is 32.2. The van der Waals surface area contributed by atoms with E-state index in [2.05, 4.69) is 9.88 Å². The molecule has 2 heterocycles. The van der Waals surface area contributed by atoms with Gasteiger partial charge in [-0.2, -0.15) is 0 Å². The number of sulfonamides is 1. The number of aromatic nitrogens is 1. The molecule has 8 heteroatoms. The van der Waals surface area contributed by atoms with Gasteiger partial charge < -0.3 is 14.7 Å². The van der Waals surface area contributed by atoms with Crippen molar-refractivity contribution in [2.45, 2.75) is 45.2 Å². The number of rotatable bonds is 5. The Morgan fingerprint density at radius 1 is 1.33 bits per heavy atom. The van der Waals surface area contributed by atoms with E-state index in [0.717, 1.165) is 5.56 Å². The monoisotopic (exact) mass is 313 g/mol. The summed E-state index contributed by atoms with van der Waals surface area (Å²) < 4.78 is 37.9. The van der Waals surface area contributed by atoms with Crippen molar-refractivity contribution in [1.29, 1.82) is 0 Å². The van der Waals surface area contributed by atoms with Crippen molar-refractivity contribution in [2.24, 2.45) is 5.73 Å². The Balaban J connectivity index is 2.31. The molecule has 0 radical (unpaired) electrons. The van der Waals surface area contributed by atoms with E-state index in [9.17, 15) is 8.42 Å². The molecule has 2 rings (SSSR count). The third-order valence-electron chi connectivity index (χ3n) is 3.27. The highest BCUT2D eigenvalue weighted by Crippen LogP contribution is 2.25. The van der Waals surface area contributed by atoms with Crippen LogP contribution in [0.3, 0.4) is 0 Å². The molecule has 7 nitrogen and oxygen atoms in total. The highest BCUT2D eigenvalue weighted by molar-refractivity contribution is 7.89. The van der Waals surface area contributed by atoms with E-state index in [1.54, 1.807) is 27.7 Å². The second-order valence-corrected chi connectivity index (χ2v) is 6.60. The summed E-state index contributed by atoms with van der Waals surface area (Å²) in [5.41, 5.74) is 6.86. The summed E-state index contributed by atoms with van der Waals surface area (Å²) in [4.78, 5) is 0.0987. The molecular formula is C13H19N3O4S. The first-order valence-corrected chi connectivity index (χ1v) is 7.99. The van der Waals surface area contributed by atoms with Crippen LogP contribution in [0.5, 0.6) is 0 Å². The van der Waals surface area contributed by atoms with Crippen LogP contribution in [0.2, 0.25) is 0 Å². The zero-order chi connectivity index (χ0) is 15.8. The number of nitrogens with zero attached hydrogens (tertiary/aromatic N) is 1. The lowest BCUT2D eigenvalue weighted by Gasteiger charge is -2.13. The largest absolute Gasteiger partial charge is 0.464 e. The molecule has 2 aromatic rings. The summed E-state index contributed by atoms with van der Waals surface area (Å²) in [6, 6.07) is 0.981. The molecule has 0 aromatic carbocycles. The second-order valence-electron chi connectivity index (χ2n) is 4.92. The maximum atomic E-state index is 12.4. The van der Waals surface area contributed by atoms with Crippen LogP contribution in [0.1, 0.15) is 41.5 Å². The van der Waals surface area contributed by atoms with Gasteiger partial charge in [0.1, 0.15) is 22.2 Å². The van der Waals surface area contributed by atoms with Crippen LogP contribution in [0, 0.1) is 20.8 Å². The van der Waals surface area contributed by atoms with Crippen molar-refractivity contribution in [3.8, 4) is 0 Å². The van der Waals surface area contributed by atoms with Crippen molar-refractivity contribution < 1.29 is 17.4 Å². The Morgan fingerprint density at radius 3 is 2.48 bits per heavy atom. The molecule has 0 saturated heterocycles. The molecule has 21 heavy (non-hydrogen) atoms. The molecule has 0 aliphatic heterocycles. The minimum absolute atomic E-state index is 0.0987. The molecule has 1 atom stereocenters. The van der Waals surface area contributed by atoms with Gasteiger partial charge >= 0.3 is 0 Å². The van der Waals surface area contributed by atoms with Gasteiger partial charge in [-0.15, -0.1) is 0 Å². The predicted octanol–water partition coefficient (Wildman–Crippen LogP) is 1.69. The smallest absolute Gasteiger partial charge is 0.244 e. The van der Waals surface area contributed by atoms with E-state index in [0.29, 0.717) is 23.0 Å². The molecule has 2 aromatic heterocycles. The minimum Gasteiger partial charge on any atom is -0.464 e. The van der Waals surface area contributed by atoms with Crippen molar-refractivity contribution in [3.63, 3.8) is 0 Å². The molecule has 1 unspecified atom stereocenters. The summed E-state index contributed by atoms with van der Waals surface area (Å²) in [7, 11) is -3.71. The van der Waals surface area contributed by atoms with E-state index >= 15 is 0 Å². The van der Waals surface area contributed by atoms with E-state index in [4.69, 9.17) is 14.7 Å². The molecule has 0 amide bonds. The fourth-order valence-electron chi connectivity index (χ4n) is 2.36. The van der Waals surface area contributed by atoms with Gasteiger partial charge in [-0.25, -0.2) is 13.1 Å². The summed E-state index contributed by atoms with van der Waals surface area (Å²) in [5.74, 6) is 1.33. The van der Waals surface area contributed by atoms with Crippen molar-refractivity contribution in [2.75, 3.05) is 0 Å². The van der Waals surface area contributed by atoms with Gasteiger partial charge in [0.2, 0.25) is 10.0 Å². The first kappa shape index (κ1) is 15.7. The molecule has 0 aliphatic rings. The Morgan fingerprint density at radius 2 is 2.00 bits per heavy atom. The van der Waals surface area contributed by atoms with E-state index in [1.165, 1.54) is 6.07 Å².